The van der Waals surface area contributed by atoms with Gasteiger partial charge in [0.1, 0.15) is 0 Å². The summed E-state index contributed by atoms with van der Waals surface area (Å²) in [5.74, 6) is 0.925. The van der Waals surface area contributed by atoms with E-state index in [1.807, 2.05) is 37.3 Å². The highest BCUT2D eigenvalue weighted by Gasteiger charge is 2.20. The van der Waals surface area contributed by atoms with Crippen molar-refractivity contribution in [2.45, 2.75) is 39.0 Å². The third-order valence-electron chi connectivity index (χ3n) is 5.03. The number of fused-ring (bicyclic) bond motifs is 1. The van der Waals surface area contributed by atoms with Gasteiger partial charge in [-0.05, 0) is 42.4 Å². The van der Waals surface area contributed by atoms with Crippen molar-refractivity contribution in [1.29, 1.82) is 0 Å². The maximum atomic E-state index is 12.2. The Hall–Kier alpha value is -2.43. The fraction of sp³-hybridized carbons (Fsp3) is 0.476. The van der Waals surface area contributed by atoms with E-state index in [4.69, 9.17) is 0 Å². The van der Waals surface area contributed by atoms with Gasteiger partial charge in [0.05, 0.1) is 11.9 Å². The molecule has 1 unspecified atom stereocenters. The Labute approximate surface area is 154 Å². The van der Waals surface area contributed by atoms with Crippen LogP contribution in [-0.2, 0) is 16.0 Å². The lowest BCUT2D eigenvalue weighted by Gasteiger charge is -2.24. The van der Waals surface area contributed by atoms with Gasteiger partial charge >= 0.3 is 0 Å². The lowest BCUT2D eigenvalue weighted by Crippen LogP contribution is -2.36. The van der Waals surface area contributed by atoms with Crippen molar-refractivity contribution in [2.24, 2.45) is 11.8 Å². The molecule has 1 aromatic heterocycles. The maximum absolute atomic E-state index is 12.2. The molecule has 26 heavy (non-hydrogen) atoms. The summed E-state index contributed by atoms with van der Waals surface area (Å²) in [6, 6.07) is 9.83. The number of carbonyl (C=O) groups excluding carboxylic acids is 2. The summed E-state index contributed by atoms with van der Waals surface area (Å²) in [5.41, 5.74) is 1.86. The molecular weight excluding hydrogens is 326 g/mol. The second-order valence-electron chi connectivity index (χ2n) is 7.42. The molecule has 1 heterocycles. The Morgan fingerprint density at radius 2 is 1.92 bits per heavy atom. The largest absolute Gasteiger partial charge is 0.356 e. The molecule has 1 saturated carbocycles. The summed E-state index contributed by atoms with van der Waals surface area (Å²) in [6.07, 6.45) is 6.37. The van der Waals surface area contributed by atoms with E-state index in [2.05, 4.69) is 15.6 Å². The standard InChI is InChI=1S/C21H27N3O2/c1-15(13-23-20(25)11-16-4-2-5-16)14-24-21(26)12-17-7-8-18-6-3-9-22-19(18)10-17/h3,6-10,15-16H,2,4-5,11-14H2,1H3,(H,23,25)(H,24,26). The monoisotopic (exact) mass is 353 g/mol. The minimum Gasteiger partial charge on any atom is -0.356 e. The summed E-state index contributed by atoms with van der Waals surface area (Å²) < 4.78 is 0. The van der Waals surface area contributed by atoms with Gasteiger partial charge in [-0.15, -0.1) is 0 Å². The second kappa shape index (κ2) is 8.79. The zero-order valence-electron chi connectivity index (χ0n) is 15.3. The first-order valence-electron chi connectivity index (χ1n) is 9.47. The van der Waals surface area contributed by atoms with Crippen molar-refractivity contribution in [3.8, 4) is 0 Å². The summed E-state index contributed by atoms with van der Waals surface area (Å²) in [7, 11) is 0. The Morgan fingerprint density at radius 3 is 2.65 bits per heavy atom. The van der Waals surface area contributed by atoms with E-state index >= 15 is 0 Å². The fourth-order valence-electron chi connectivity index (χ4n) is 3.15. The van der Waals surface area contributed by atoms with Crippen molar-refractivity contribution < 1.29 is 9.59 Å². The van der Waals surface area contributed by atoms with Crippen molar-refractivity contribution >= 4 is 22.7 Å². The smallest absolute Gasteiger partial charge is 0.224 e. The van der Waals surface area contributed by atoms with Crippen LogP contribution in [0.3, 0.4) is 0 Å². The Morgan fingerprint density at radius 1 is 1.15 bits per heavy atom. The molecule has 138 valence electrons. The number of aromatic nitrogens is 1. The summed E-state index contributed by atoms with van der Waals surface area (Å²) in [6.45, 7) is 3.20. The first kappa shape index (κ1) is 18.4. The Balaban J connectivity index is 1.37. The van der Waals surface area contributed by atoms with Crippen molar-refractivity contribution in [2.75, 3.05) is 13.1 Å². The van der Waals surface area contributed by atoms with Gasteiger partial charge in [-0.1, -0.05) is 31.5 Å². The fourth-order valence-corrected chi connectivity index (χ4v) is 3.15. The molecule has 2 aromatic rings. The predicted octanol–water partition coefficient (Wildman–Crippen LogP) is 2.84. The van der Waals surface area contributed by atoms with Crippen LogP contribution in [0.25, 0.3) is 10.9 Å². The number of carbonyl (C=O) groups is 2. The number of hydrogen-bond acceptors (Lipinski definition) is 3. The molecule has 1 fully saturated rings. The van der Waals surface area contributed by atoms with E-state index in [9.17, 15) is 9.59 Å². The molecule has 1 aromatic carbocycles. The number of hydrogen-bond donors (Lipinski definition) is 2. The minimum atomic E-state index is -0.00655. The Bertz CT molecular complexity index is 771. The average Bonchev–Trinajstić information content (AvgIpc) is 2.61. The molecule has 1 aliphatic carbocycles. The number of benzene rings is 1. The van der Waals surface area contributed by atoms with Crippen molar-refractivity contribution in [3.63, 3.8) is 0 Å². The molecule has 2 amide bonds. The van der Waals surface area contributed by atoms with E-state index < -0.39 is 0 Å². The van der Waals surface area contributed by atoms with Gasteiger partial charge in [-0.25, -0.2) is 0 Å². The molecule has 1 atom stereocenters. The van der Waals surface area contributed by atoms with Crippen LogP contribution in [0.4, 0.5) is 0 Å². The molecule has 1 aliphatic rings. The number of nitrogens with zero attached hydrogens (tertiary/aromatic N) is 1. The number of rotatable bonds is 8. The van der Waals surface area contributed by atoms with Gasteiger partial charge in [-0.2, -0.15) is 0 Å². The van der Waals surface area contributed by atoms with E-state index in [0.29, 0.717) is 31.8 Å². The number of nitrogens with one attached hydrogen (secondary N) is 2. The topological polar surface area (TPSA) is 71.1 Å². The molecule has 0 bridgehead atoms. The normalized spacial score (nSPS) is 15.3. The van der Waals surface area contributed by atoms with Crippen molar-refractivity contribution in [1.82, 2.24) is 15.6 Å². The number of pyridine rings is 1. The minimum absolute atomic E-state index is 0.00655. The van der Waals surface area contributed by atoms with Crippen LogP contribution in [0.5, 0.6) is 0 Å². The molecular formula is C21H27N3O2. The summed E-state index contributed by atoms with van der Waals surface area (Å²) >= 11 is 0. The third kappa shape index (κ3) is 5.28. The Kier molecular flexibility index (Phi) is 6.21. The van der Waals surface area contributed by atoms with E-state index in [1.165, 1.54) is 19.3 Å². The molecule has 0 radical (unpaired) electrons. The van der Waals surface area contributed by atoms with Gasteiger partial charge in [0.25, 0.3) is 0 Å². The highest BCUT2D eigenvalue weighted by molar-refractivity contribution is 5.83. The average molecular weight is 353 g/mol. The lowest BCUT2D eigenvalue weighted by atomic mass is 9.83. The molecule has 2 N–H and O–H groups in total. The maximum Gasteiger partial charge on any atom is 0.224 e. The molecule has 5 nitrogen and oxygen atoms in total. The van der Waals surface area contributed by atoms with Gasteiger partial charge in [0.2, 0.25) is 11.8 Å². The predicted molar refractivity (Wildman–Crippen MR) is 103 cm³/mol. The molecule has 5 heteroatoms. The zero-order chi connectivity index (χ0) is 18.4. The van der Waals surface area contributed by atoms with Gasteiger partial charge < -0.3 is 10.6 Å². The van der Waals surface area contributed by atoms with Crippen LogP contribution in [0, 0.1) is 11.8 Å². The van der Waals surface area contributed by atoms with Gasteiger partial charge in [0, 0.05) is 31.1 Å². The first-order chi connectivity index (χ1) is 12.6. The SMILES string of the molecule is CC(CNC(=O)Cc1ccc2cccnc2c1)CNC(=O)CC1CCC1. The van der Waals surface area contributed by atoms with E-state index in [0.717, 1.165) is 16.5 Å². The first-order valence-corrected chi connectivity index (χ1v) is 9.47. The zero-order valence-corrected chi connectivity index (χ0v) is 15.3. The van der Waals surface area contributed by atoms with E-state index in [-0.39, 0.29) is 17.7 Å². The van der Waals surface area contributed by atoms with Crippen LogP contribution in [0.15, 0.2) is 36.5 Å². The van der Waals surface area contributed by atoms with Crippen LogP contribution < -0.4 is 10.6 Å². The molecule has 0 spiro atoms. The van der Waals surface area contributed by atoms with Crippen molar-refractivity contribution in [3.05, 3.63) is 42.1 Å². The second-order valence-corrected chi connectivity index (χ2v) is 7.42. The summed E-state index contributed by atoms with van der Waals surface area (Å²) in [5, 5.41) is 7.00. The molecule has 0 saturated heterocycles. The van der Waals surface area contributed by atoms with Gasteiger partial charge in [-0.3, -0.25) is 14.6 Å². The highest BCUT2D eigenvalue weighted by Crippen LogP contribution is 2.29. The van der Waals surface area contributed by atoms with Crippen LogP contribution in [0.2, 0.25) is 0 Å². The van der Waals surface area contributed by atoms with Crippen LogP contribution >= 0.6 is 0 Å². The molecule has 3 rings (SSSR count). The third-order valence-corrected chi connectivity index (χ3v) is 5.03. The summed E-state index contributed by atoms with van der Waals surface area (Å²) in [4.78, 5) is 28.3. The highest BCUT2D eigenvalue weighted by atomic mass is 16.2. The lowest BCUT2D eigenvalue weighted by molar-refractivity contribution is -0.122. The molecule has 0 aliphatic heterocycles. The van der Waals surface area contributed by atoms with Gasteiger partial charge in [0.15, 0.2) is 0 Å². The quantitative estimate of drug-likeness (QED) is 0.767. The number of amides is 2. The van der Waals surface area contributed by atoms with E-state index in [1.54, 1.807) is 6.20 Å². The van der Waals surface area contributed by atoms with Crippen LogP contribution in [0.1, 0.15) is 38.2 Å². The van der Waals surface area contributed by atoms with Crippen LogP contribution in [-0.4, -0.2) is 29.9 Å².